The van der Waals surface area contributed by atoms with E-state index in [0.717, 1.165) is 55.0 Å². The van der Waals surface area contributed by atoms with Crippen LogP contribution in [0.4, 0.5) is 5.13 Å². The first kappa shape index (κ1) is 21.7. The van der Waals surface area contributed by atoms with Gasteiger partial charge in [-0.15, -0.1) is 11.3 Å². The third-order valence-corrected chi connectivity index (χ3v) is 8.20. The van der Waals surface area contributed by atoms with Crippen molar-refractivity contribution in [2.75, 3.05) is 37.2 Å². The van der Waals surface area contributed by atoms with Gasteiger partial charge in [0.2, 0.25) is 5.91 Å². The SMILES string of the molecule is C[C@H]1CCc2nc(NC(=O)CSC(=S)N3CCN(Cc4ccccc4)CC3)sc2C1. The lowest BCUT2D eigenvalue weighted by Gasteiger charge is -2.35. The van der Waals surface area contributed by atoms with Gasteiger partial charge in [0.25, 0.3) is 0 Å². The van der Waals surface area contributed by atoms with Gasteiger partial charge in [-0.05, 0) is 30.7 Å². The maximum absolute atomic E-state index is 12.4. The van der Waals surface area contributed by atoms with Crippen molar-refractivity contribution in [2.24, 2.45) is 5.92 Å². The molecule has 4 rings (SSSR count). The van der Waals surface area contributed by atoms with Crippen LogP contribution in [-0.4, -0.2) is 56.9 Å². The molecule has 1 amide bonds. The first-order valence-electron chi connectivity index (χ1n) is 10.5. The van der Waals surface area contributed by atoms with E-state index in [1.54, 1.807) is 11.3 Å². The van der Waals surface area contributed by atoms with Gasteiger partial charge in [0.05, 0.1) is 11.4 Å². The molecular formula is C22H28N4OS3. The molecule has 0 bridgehead atoms. The van der Waals surface area contributed by atoms with Gasteiger partial charge in [-0.3, -0.25) is 9.69 Å². The van der Waals surface area contributed by atoms with E-state index in [1.165, 1.54) is 34.3 Å². The number of amides is 1. The van der Waals surface area contributed by atoms with Crippen molar-refractivity contribution in [1.82, 2.24) is 14.8 Å². The number of rotatable bonds is 5. The van der Waals surface area contributed by atoms with Crippen LogP contribution in [0.25, 0.3) is 0 Å². The number of aromatic nitrogens is 1. The quantitative estimate of drug-likeness (QED) is 0.680. The second-order valence-electron chi connectivity index (χ2n) is 8.09. The van der Waals surface area contributed by atoms with Crippen LogP contribution in [0.3, 0.4) is 0 Å². The van der Waals surface area contributed by atoms with Gasteiger partial charge in [0, 0.05) is 37.6 Å². The molecule has 0 unspecified atom stereocenters. The molecule has 0 radical (unpaired) electrons. The molecule has 2 heterocycles. The molecule has 1 aromatic carbocycles. The summed E-state index contributed by atoms with van der Waals surface area (Å²) in [5, 5.41) is 3.70. The van der Waals surface area contributed by atoms with Crippen LogP contribution in [0, 0.1) is 5.92 Å². The van der Waals surface area contributed by atoms with Crippen LogP contribution in [0.1, 0.15) is 29.5 Å². The summed E-state index contributed by atoms with van der Waals surface area (Å²) in [6.45, 7) is 7.07. The lowest BCUT2D eigenvalue weighted by molar-refractivity contribution is -0.113. The number of carbonyl (C=O) groups is 1. The normalized spacial score (nSPS) is 19.4. The zero-order valence-corrected chi connectivity index (χ0v) is 19.8. The Morgan fingerprint density at radius 1 is 1.27 bits per heavy atom. The summed E-state index contributed by atoms with van der Waals surface area (Å²) in [6, 6.07) is 10.6. The van der Waals surface area contributed by atoms with Gasteiger partial charge in [-0.1, -0.05) is 61.2 Å². The van der Waals surface area contributed by atoms with Gasteiger partial charge in [-0.25, -0.2) is 4.98 Å². The molecule has 1 aromatic heterocycles. The summed E-state index contributed by atoms with van der Waals surface area (Å²) in [7, 11) is 0. The molecule has 0 saturated carbocycles. The summed E-state index contributed by atoms with van der Waals surface area (Å²) >= 11 is 8.67. The highest BCUT2D eigenvalue weighted by atomic mass is 32.2. The minimum absolute atomic E-state index is 0.0239. The summed E-state index contributed by atoms with van der Waals surface area (Å²) in [6.07, 6.45) is 3.29. The number of carbonyl (C=O) groups excluding carboxylic acids is 1. The van der Waals surface area contributed by atoms with Crippen LogP contribution in [0.2, 0.25) is 0 Å². The number of piperazine rings is 1. The van der Waals surface area contributed by atoms with Gasteiger partial charge >= 0.3 is 0 Å². The Hall–Kier alpha value is -1.48. The second kappa shape index (κ2) is 10.2. The fourth-order valence-electron chi connectivity index (χ4n) is 3.90. The van der Waals surface area contributed by atoms with E-state index < -0.39 is 0 Å². The molecule has 0 spiro atoms. The topological polar surface area (TPSA) is 48.5 Å². The Bertz CT molecular complexity index is 878. The summed E-state index contributed by atoms with van der Waals surface area (Å²) in [4.78, 5) is 23.0. The maximum Gasteiger partial charge on any atom is 0.236 e. The van der Waals surface area contributed by atoms with E-state index in [9.17, 15) is 4.79 Å². The molecule has 5 nitrogen and oxygen atoms in total. The largest absolute Gasteiger partial charge is 0.355 e. The number of hydrogen-bond donors (Lipinski definition) is 1. The van der Waals surface area contributed by atoms with E-state index in [-0.39, 0.29) is 5.91 Å². The van der Waals surface area contributed by atoms with Crippen molar-refractivity contribution < 1.29 is 4.79 Å². The van der Waals surface area contributed by atoms with Gasteiger partial charge in [0.1, 0.15) is 4.32 Å². The number of benzene rings is 1. The average Bonchev–Trinajstić information content (AvgIpc) is 3.14. The molecule has 160 valence electrons. The summed E-state index contributed by atoms with van der Waals surface area (Å²) in [5.41, 5.74) is 2.52. The number of thiazole rings is 1. The lowest BCUT2D eigenvalue weighted by atomic mass is 9.93. The molecule has 1 aliphatic carbocycles. The molecule has 1 aliphatic heterocycles. The maximum atomic E-state index is 12.4. The molecule has 8 heteroatoms. The summed E-state index contributed by atoms with van der Waals surface area (Å²) in [5.74, 6) is 1.02. The molecule has 1 fully saturated rings. The second-order valence-corrected chi connectivity index (χ2v) is 10.8. The molecular weight excluding hydrogens is 432 g/mol. The van der Waals surface area contributed by atoms with Crippen molar-refractivity contribution in [2.45, 2.75) is 32.7 Å². The highest BCUT2D eigenvalue weighted by molar-refractivity contribution is 8.23. The molecule has 2 aromatic rings. The van der Waals surface area contributed by atoms with Crippen LogP contribution >= 0.6 is 35.3 Å². The average molecular weight is 461 g/mol. The number of nitrogens with zero attached hydrogens (tertiary/aromatic N) is 3. The Balaban J connectivity index is 1.18. The molecule has 30 heavy (non-hydrogen) atoms. The number of nitrogens with one attached hydrogen (secondary N) is 1. The minimum Gasteiger partial charge on any atom is -0.355 e. The van der Waals surface area contributed by atoms with Crippen LogP contribution in [0.5, 0.6) is 0 Å². The standard InChI is InChI=1S/C22H28N4OS3/c1-16-7-8-18-19(13-16)30-21(23-18)24-20(27)15-29-22(28)26-11-9-25(10-12-26)14-17-5-3-2-4-6-17/h2-6,16H,7-15H2,1H3,(H,23,24,27)/t16-/m0/s1. The summed E-state index contributed by atoms with van der Waals surface area (Å²) < 4.78 is 0.816. The fraction of sp³-hybridized carbons (Fsp3) is 0.500. The Kier molecular flexibility index (Phi) is 7.41. The minimum atomic E-state index is -0.0239. The van der Waals surface area contributed by atoms with Crippen molar-refractivity contribution in [3.05, 3.63) is 46.5 Å². The van der Waals surface area contributed by atoms with E-state index in [0.29, 0.717) is 11.7 Å². The molecule has 1 atom stereocenters. The monoisotopic (exact) mass is 460 g/mol. The zero-order valence-electron chi connectivity index (χ0n) is 17.3. The van der Waals surface area contributed by atoms with Gasteiger partial charge in [0.15, 0.2) is 5.13 Å². The van der Waals surface area contributed by atoms with Crippen LogP contribution in [0.15, 0.2) is 30.3 Å². The van der Waals surface area contributed by atoms with Gasteiger partial charge < -0.3 is 10.2 Å². The van der Waals surface area contributed by atoms with Crippen molar-refractivity contribution in [1.29, 1.82) is 0 Å². The molecule has 1 saturated heterocycles. The lowest BCUT2D eigenvalue weighted by Crippen LogP contribution is -2.47. The first-order chi connectivity index (χ1) is 14.6. The van der Waals surface area contributed by atoms with Crippen molar-refractivity contribution in [3.8, 4) is 0 Å². The van der Waals surface area contributed by atoms with Crippen molar-refractivity contribution >= 4 is 50.7 Å². The number of aryl methyl sites for hydroxylation is 1. The Morgan fingerprint density at radius 3 is 2.80 bits per heavy atom. The Morgan fingerprint density at radius 2 is 2.03 bits per heavy atom. The van der Waals surface area contributed by atoms with Crippen LogP contribution < -0.4 is 5.32 Å². The van der Waals surface area contributed by atoms with Gasteiger partial charge in [-0.2, -0.15) is 0 Å². The number of thiocarbonyl (C=S) groups is 1. The molecule has 1 N–H and O–H groups in total. The van der Waals surface area contributed by atoms with E-state index >= 15 is 0 Å². The van der Waals surface area contributed by atoms with Crippen molar-refractivity contribution in [3.63, 3.8) is 0 Å². The number of hydrogen-bond acceptors (Lipinski definition) is 6. The zero-order chi connectivity index (χ0) is 20.9. The third-order valence-electron chi connectivity index (χ3n) is 5.64. The first-order valence-corrected chi connectivity index (χ1v) is 12.7. The predicted molar refractivity (Wildman–Crippen MR) is 130 cm³/mol. The number of anilines is 1. The predicted octanol–water partition coefficient (Wildman–Crippen LogP) is 4.04. The number of fused-ring (bicyclic) bond motifs is 1. The fourth-order valence-corrected chi connectivity index (χ4v) is 6.14. The highest BCUT2D eigenvalue weighted by Gasteiger charge is 2.22. The number of thioether (sulfide) groups is 1. The third kappa shape index (κ3) is 5.81. The highest BCUT2D eigenvalue weighted by Crippen LogP contribution is 2.32. The van der Waals surface area contributed by atoms with E-state index in [2.05, 4.69) is 57.4 Å². The Labute approximate surface area is 192 Å². The smallest absolute Gasteiger partial charge is 0.236 e. The molecule has 2 aliphatic rings. The van der Waals surface area contributed by atoms with Crippen LogP contribution in [-0.2, 0) is 24.2 Å². The van der Waals surface area contributed by atoms with E-state index in [1.807, 2.05) is 0 Å². The van der Waals surface area contributed by atoms with E-state index in [4.69, 9.17) is 12.2 Å².